The van der Waals surface area contributed by atoms with Crippen LogP contribution < -0.4 is 0 Å². The van der Waals surface area contributed by atoms with Gasteiger partial charge in [0, 0.05) is 15.9 Å². The van der Waals surface area contributed by atoms with Crippen LogP contribution in [0.25, 0.3) is 0 Å². The Morgan fingerprint density at radius 2 is 2.29 bits per heavy atom. The third-order valence-corrected chi connectivity index (χ3v) is 3.39. The average molecular weight is 218 g/mol. The summed E-state index contributed by atoms with van der Waals surface area (Å²) in [6, 6.07) is 0. The number of hydrogen-bond donors (Lipinski definition) is 1. The molecule has 14 heavy (non-hydrogen) atoms. The van der Waals surface area contributed by atoms with Crippen molar-refractivity contribution in [3.05, 3.63) is 12.3 Å². The SMILES string of the molecule is CO/C=C\C[C@H]1C(O)CC(OP)[C@@H]1C. The molecule has 0 radical (unpaired) electrons. The molecule has 0 aromatic carbocycles. The summed E-state index contributed by atoms with van der Waals surface area (Å²) in [5.41, 5.74) is 0. The lowest BCUT2D eigenvalue weighted by Crippen LogP contribution is -2.18. The molecule has 0 saturated heterocycles. The minimum Gasteiger partial charge on any atom is -0.505 e. The van der Waals surface area contributed by atoms with Crippen LogP contribution in [0.3, 0.4) is 0 Å². The molecular weight excluding hydrogens is 199 g/mol. The van der Waals surface area contributed by atoms with E-state index in [-0.39, 0.29) is 18.1 Å². The quantitative estimate of drug-likeness (QED) is 0.577. The van der Waals surface area contributed by atoms with E-state index in [2.05, 4.69) is 16.4 Å². The third-order valence-electron chi connectivity index (χ3n) is 3.05. The molecule has 1 aliphatic rings. The van der Waals surface area contributed by atoms with Crippen LogP contribution in [0, 0.1) is 11.8 Å². The number of hydrogen-bond acceptors (Lipinski definition) is 3. The molecule has 0 amide bonds. The fourth-order valence-corrected chi connectivity index (χ4v) is 2.47. The van der Waals surface area contributed by atoms with Crippen LogP contribution in [-0.2, 0) is 9.26 Å². The van der Waals surface area contributed by atoms with Gasteiger partial charge in [-0.15, -0.1) is 0 Å². The van der Waals surface area contributed by atoms with Gasteiger partial charge in [0.1, 0.15) is 0 Å². The van der Waals surface area contributed by atoms with Crippen molar-refractivity contribution in [3.63, 3.8) is 0 Å². The van der Waals surface area contributed by atoms with Gasteiger partial charge >= 0.3 is 0 Å². The van der Waals surface area contributed by atoms with Crippen LogP contribution in [0.15, 0.2) is 12.3 Å². The van der Waals surface area contributed by atoms with Crippen molar-refractivity contribution in [2.75, 3.05) is 7.11 Å². The Morgan fingerprint density at radius 1 is 1.57 bits per heavy atom. The van der Waals surface area contributed by atoms with Gasteiger partial charge in [0.25, 0.3) is 0 Å². The highest BCUT2D eigenvalue weighted by Crippen LogP contribution is 2.37. The van der Waals surface area contributed by atoms with E-state index in [0.29, 0.717) is 5.92 Å². The molecule has 1 saturated carbocycles. The van der Waals surface area contributed by atoms with Crippen LogP contribution in [0.2, 0.25) is 0 Å². The van der Waals surface area contributed by atoms with Crippen molar-refractivity contribution < 1.29 is 14.4 Å². The average Bonchev–Trinajstić information content (AvgIpc) is 2.45. The molecular formula is C10H19O3P. The van der Waals surface area contributed by atoms with Gasteiger partial charge in [-0.2, -0.15) is 0 Å². The van der Waals surface area contributed by atoms with Crippen molar-refractivity contribution in [1.82, 2.24) is 0 Å². The molecule has 5 atom stereocenters. The molecule has 0 aliphatic heterocycles. The van der Waals surface area contributed by atoms with Crippen LogP contribution in [-0.4, -0.2) is 24.4 Å². The molecule has 1 aliphatic carbocycles. The van der Waals surface area contributed by atoms with Crippen molar-refractivity contribution in [1.29, 1.82) is 0 Å². The molecule has 1 rings (SSSR count). The number of aliphatic hydroxyl groups excluding tert-OH is 1. The van der Waals surface area contributed by atoms with Crippen molar-refractivity contribution in [2.45, 2.75) is 32.0 Å². The van der Waals surface area contributed by atoms with E-state index in [1.54, 1.807) is 13.4 Å². The summed E-state index contributed by atoms with van der Waals surface area (Å²) in [6.07, 6.45) is 5.11. The summed E-state index contributed by atoms with van der Waals surface area (Å²) in [4.78, 5) is 0. The van der Waals surface area contributed by atoms with Gasteiger partial charge in [-0.3, -0.25) is 0 Å². The second-order valence-electron chi connectivity index (χ2n) is 3.84. The zero-order valence-electron chi connectivity index (χ0n) is 8.72. The van der Waals surface area contributed by atoms with E-state index < -0.39 is 0 Å². The summed E-state index contributed by atoms with van der Waals surface area (Å²) in [7, 11) is 3.91. The third kappa shape index (κ3) is 2.69. The Morgan fingerprint density at radius 3 is 2.79 bits per heavy atom. The monoisotopic (exact) mass is 218 g/mol. The van der Waals surface area contributed by atoms with Gasteiger partial charge in [-0.1, -0.05) is 6.92 Å². The van der Waals surface area contributed by atoms with Crippen LogP contribution in [0.4, 0.5) is 0 Å². The Bertz CT molecular complexity index is 196. The fraction of sp³-hybridized carbons (Fsp3) is 0.800. The minimum atomic E-state index is -0.253. The van der Waals surface area contributed by atoms with Crippen LogP contribution in [0.5, 0.6) is 0 Å². The van der Waals surface area contributed by atoms with Crippen molar-refractivity contribution in [3.8, 4) is 0 Å². The Balaban J connectivity index is 2.47. The minimum absolute atomic E-state index is 0.163. The normalized spacial score (nSPS) is 38.0. The number of rotatable bonds is 4. The van der Waals surface area contributed by atoms with Gasteiger partial charge < -0.3 is 14.4 Å². The van der Waals surface area contributed by atoms with Crippen molar-refractivity contribution >= 4 is 9.47 Å². The van der Waals surface area contributed by atoms with Crippen LogP contribution in [0.1, 0.15) is 19.8 Å². The highest BCUT2D eigenvalue weighted by Gasteiger charge is 2.39. The molecule has 0 heterocycles. The lowest BCUT2D eigenvalue weighted by molar-refractivity contribution is 0.121. The molecule has 0 bridgehead atoms. The van der Waals surface area contributed by atoms with Crippen molar-refractivity contribution in [2.24, 2.45) is 11.8 Å². The summed E-state index contributed by atoms with van der Waals surface area (Å²) in [5, 5.41) is 9.80. The topological polar surface area (TPSA) is 38.7 Å². The van der Waals surface area contributed by atoms with E-state index in [4.69, 9.17) is 9.26 Å². The molecule has 0 aromatic rings. The largest absolute Gasteiger partial charge is 0.505 e. The highest BCUT2D eigenvalue weighted by atomic mass is 31.0. The number of ether oxygens (including phenoxy) is 1. The van der Waals surface area contributed by atoms with E-state index in [1.807, 2.05) is 6.08 Å². The predicted molar refractivity (Wildman–Crippen MR) is 58.6 cm³/mol. The standard InChI is InChI=1S/C10H19O3P/c1-7-8(4-3-5-12-2)9(11)6-10(7)13-14/h3,5,7-11H,4,6,14H2,1-2H3/b5-3-/t7-,8-,9?,10?/m1/s1. The zero-order chi connectivity index (χ0) is 10.6. The first kappa shape index (κ1) is 12.0. The first-order valence-corrected chi connectivity index (χ1v) is 5.39. The lowest BCUT2D eigenvalue weighted by Gasteiger charge is -2.18. The second-order valence-corrected chi connectivity index (χ2v) is 4.12. The first-order valence-electron chi connectivity index (χ1n) is 4.92. The summed E-state index contributed by atoms with van der Waals surface area (Å²) in [5.74, 6) is 0.677. The molecule has 3 unspecified atom stereocenters. The van der Waals surface area contributed by atoms with E-state index >= 15 is 0 Å². The fourth-order valence-electron chi connectivity index (χ4n) is 2.11. The predicted octanol–water partition coefficient (Wildman–Crippen LogP) is 1.73. The van der Waals surface area contributed by atoms with Crippen LogP contribution >= 0.6 is 9.47 Å². The number of aliphatic hydroxyl groups is 1. The molecule has 0 spiro atoms. The molecule has 82 valence electrons. The van der Waals surface area contributed by atoms with E-state index in [0.717, 1.165) is 12.8 Å². The van der Waals surface area contributed by atoms with E-state index in [1.165, 1.54) is 0 Å². The molecule has 1 fully saturated rings. The molecule has 3 nitrogen and oxygen atoms in total. The Labute approximate surface area is 87.8 Å². The van der Waals surface area contributed by atoms with Gasteiger partial charge in [0.05, 0.1) is 25.6 Å². The smallest absolute Gasteiger partial charge is 0.0784 e. The maximum atomic E-state index is 9.80. The maximum Gasteiger partial charge on any atom is 0.0784 e. The Kier molecular flexibility index (Phi) is 4.86. The number of allylic oxidation sites excluding steroid dienone is 1. The zero-order valence-corrected chi connectivity index (χ0v) is 9.87. The highest BCUT2D eigenvalue weighted by molar-refractivity contribution is 7.09. The Hall–Kier alpha value is -0.110. The summed E-state index contributed by atoms with van der Waals surface area (Å²) in [6.45, 7) is 2.12. The van der Waals surface area contributed by atoms with Gasteiger partial charge in [-0.25, -0.2) is 0 Å². The molecule has 0 aromatic heterocycles. The van der Waals surface area contributed by atoms with Gasteiger partial charge in [-0.05, 0) is 24.3 Å². The summed E-state index contributed by atoms with van der Waals surface area (Å²) < 4.78 is 10.1. The van der Waals surface area contributed by atoms with E-state index in [9.17, 15) is 5.11 Å². The molecule has 4 heteroatoms. The summed E-state index contributed by atoms with van der Waals surface area (Å²) >= 11 is 0. The lowest BCUT2D eigenvalue weighted by atomic mass is 9.92. The first-order chi connectivity index (χ1) is 6.70. The molecule has 1 N–H and O–H groups in total. The maximum absolute atomic E-state index is 9.80. The van der Waals surface area contributed by atoms with Gasteiger partial charge in [0.2, 0.25) is 0 Å². The van der Waals surface area contributed by atoms with Gasteiger partial charge in [0.15, 0.2) is 0 Å². The second kappa shape index (κ2) is 5.69. The number of methoxy groups -OCH3 is 1.